The second kappa shape index (κ2) is 7.73. The Labute approximate surface area is 150 Å². The van der Waals surface area contributed by atoms with Crippen molar-refractivity contribution in [3.63, 3.8) is 0 Å². The van der Waals surface area contributed by atoms with E-state index in [9.17, 15) is 4.79 Å². The number of benzene rings is 2. The summed E-state index contributed by atoms with van der Waals surface area (Å²) in [4.78, 5) is 12.0. The molecule has 2 aromatic rings. The van der Waals surface area contributed by atoms with Crippen molar-refractivity contribution in [2.45, 2.75) is 46.1 Å². The van der Waals surface area contributed by atoms with Crippen LogP contribution in [-0.2, 0) is 29.0 Å². The molecule has 132 valence electrons. The Morgan fingerprint density at radius 1 is 1.12 bits per heavy atom. The number of ether oxygens (including phenoxy) is 2. The number of rotatable bonds is 6. The molecule has 0 saturated carbocycles. The lowest BCUT2D eigenvalue weighted by atomic mass is 9.71. The average molecular weight is 338 g/mol. The van der Waals surface area contributed by atoms with Gasteiger partial charge in [-0.2, -0.15) is 0 Å². The smallest absolute Gasteiger partial charge is 0.344 e. The van der Waals surface area contributed by atoms with Crippen LogP contribution in [0.2, 0.25) is 0 Å². The highest BCUT2D eigenvalue weighted by molar-refractivity contribution is 5.71. The zero-order valence-electron chi connectivity index (χ0n) is 15.1. The first kappa shape index (κ1) is 17.5. The first-order valence-electron chi connectivity index (χ1n) is 9.03. The Morgan fingerprint density at radius 3 is 2.68 bits per heavy atom. The van der Waals surface area contributed by atoms with E-state index in [1.807, 2.05) is 42.5 Å². The van der Waals surface area contributed by atoms with E-state index in [0.29, 0.717) is 5.41 Å². The fourth-order valence-electron chi connectivity index (χ4n) is 3.39. The third kappa shape index (κ3) is 4.41. The predicted molar refractivity (Wildman–Crippen MR) is 98.6 cm³/mol. The quantitative estimate of drug-likeness (QED) is 0.715. The van der Waals surface area contributed by atoms with Gasteiger partial charge in [0, 0.05) is 0 Å². The van der Waals surface area contributed by atoms with Crippen molar-refractivity contribution in [2.24, 2.45) is 5.41 Å². The van der Waals surface area contributed by atoms with Crippen LogP contribution in [0.15, 0.2) is 48.5 Å². The van der Waals surface area contributed by atoms with Crippen molar-refractivity contribution < 1.29 is 14.3 Å². The van der Waals surface area contributed by atoms with Gasteiger partial charge in [0.05, 0.1) is 0 Å². The average Bonchev–Trinajstić information content (AvgIpc) is 2.65. The van der Waals surface area contributed by atoms with Crippen molar-refractivity contribution in [2.75, 3.05) is 6.61 Å². The lowest BCUT2D eigenvalue weighted by molar-refractivity contribution is -0.147. The van der Waals surface area contributed by atoms with E-state index in [1.54, 1.807) is 0 Å². The molecular weight excluding hydrogens is 312 g/mol. The van der Waals surface area contributed by atoms with Crippen LogP contribution in [0.4, 0.5) is 0 Å². The fourth-order valence-corrected chi connectivity index (χ4v) is 3.39. The first-order valence-corrected chi connectivity index (χ1v) is 9.03. The van der Waals surface area contributed by atoms with Gasteiger partial charge in [-0.15, -0.1) is 0 Å². The summed E-state index contributed by atoms with van der Waals surface area (Å²) in [5.74, 6) is 0.489. The van der Waals surface area contributed by atoms with Gasteiger partial charge in [-0.25, -0.2) is 4.79 Å². The molecule has 25 heavy (non-hydrogen) atoms. The molecule has 1 aliphatic rings. The zero-order chi connectivity index (χ0) is 17.7. The summed E-state index contributed by atoms with van der Waals surface area (Å²) in [5, 5.41) is 0. The Bertz CT molecular complexity index is 723. The maximum atomic E-state index is 12.0. The van der Waals surface area contributed by atoms with Crippen molar-refractivity contribution in [1.29, 1.82) is 0 Å². The van der Waals surface area contributed by atoms with Crippen LogP contribution in [0.1, 0.15) is 43.4 Å². The molecule has 3 nitrogen and oxygen atoms in total. The van der Waals surface area contributed by atoms with Crippen molar-refractivity contribution in [3.8, 4) is 5.75 Å². The van der Waals surface area contributed by atoms with Gasteiger partial charge in [0.2, 0.25) is 0 Å². The number of hydrogen-bond donors (Lipinski definition) is 0. The summed E-state index contributed by atoms with van der Waals surface area (Å²) in [7, 11) is 0. The molecule has 0 fully saturated rings. The molecule has 0 bridgehead atoms. The molecule has 3 rings (SSSR count). The monoisotopic (exact) mass is 338 g/mol. The van der Waals surface area contributed by atoms with Crippen molar-refractivity contribution in [1.82, 2.24) is 0 Å². The Balaban J connectivity index is 1.57. The van der Waals surface area contributed by atoms with E-state index in [2.05, 4.69) is 19.9 Å². The van der Waals surface area contributed by atoms with E-state index in [1.165, 1.54) is 17.5 Å². The molecule has 0 heterocycles. The number of carbonyl (C=O) groups excluding carboxylic acids is 1. The van der Waals surface area contributed by atoms with Gasteiger partial charge in [-0.1, -0.05) is 62.7 Å². The molecule has 0 unspecified atom stereocenters. The van der Waals surface area contributed by atoms with Gasteiger partial charge < -0.3 is 9.47 Å². The highest BCUT2D eigenvalue weighted by Crippen LogP contribution is 2.40. The van der Waals surface area contributed by atoms with Gasteiger partial charge in [-0.05, 0) is 47.4 Å². The zero-order valence-corrected chi connectivity index (χ0v) is 15.1. The normalized spacial score (nSPS) is 19.1. The van der Waals surface area contributed by atoms with Crippen LogP contribution in [0, 0.1) is 5.41 Å². The number of esters is 1. The Morgan fingerprint density at radius 2 is 1.92 bits per heavy atom. The molecule has 0 amide bonds. The molecule has 0 aliphatic heterocycles. The lowest BCUT2D eigenvalue weighted by Gasteiger charge is -2.34. The molecule has 0 N–H and O–H groups in total. The third-order valence-corrected chi connectivity index (χ3v) is 5.27. The minimum Gasteiger partial charge on any atom is -0.482 e. The Hall–Kier alpha value is -2.29. The second-order valence-electron chi connectivity index (χ2n) is 7.17. The number of hydrogen-bond acceptors (Lipinski definition) is 3. The minimum absolute atomic E-state index is 0.0473. The van der Waals surface area contributed by atoms with Crippen molar-refractivity contribution >= 4 is 5.97 Å². The molecule has 0 spiro atoms. The SMILES string of the molecule is CC[C@]1(C)CCc2c(cccc2OCC(=O)OCc2ccccc2)C1. The van der Waals surface area contributed by atoms with Crippen LogP contribution < -0.4 is 4.74 Å². The maximum Gasteiger partial charge on any atom is 0.344 e. The van der Waals surface area contributed by atoms with Gasteiger partial charge in [0.15, 0.2) is 6.61 Å². The molecule has 3 heteroatoms. The van der Waals surface area contributed by atoms with Crippen LogP contribution >= 0.6 is 0 Å². The topological polar surface area (TPSA) is 35.5 Å². The molecule has 1 atom stereocenters. The molecule has 2 aromatic carbocycles. The third-order valence-electron chi connectivity index (χ3n) is 5.27. The molecule has 0 aromatic heterocycles. The van der Waals surface area contributed by atoms with Gasteiger partial charge in [0.1, 0.15) is 12.4 Å². The summed E-state index contributed by atoms with van der Waals surface area (Å²) in [6.07, 6.45) is 4.43. The summed E-state index contributed by atoms with van der Waals surface area (Å²) in [5.41, 5.74) is 3.96. The first-order chi connectivity index (χ1) is 12.1. The molecular formula is C22H26O3. The molecule has 0 saturated heterocycles. The second-order valence-corrected chi connectivity index (χ2v) is 7.17. The van der Waals surface area contributed by atoms with Crippen molar-refractivity contribution in [3.05, 3.63) is 65.2 Å². The van der Waals surface area contributed by atoms with Crippen LogP contribution in [0.5, 0.6) is 5.75 Å². The predicted octanol–water partition coefficient (Wildman–Crippen LogP) is 4.71. The number of fused-ring (bicyclic) bond motifs is 1. The number of carbonyl (C=O) groups is 1. The summed E-state index contributed by atoms with van der Waals surface area (Å²) in [6, 6.07) is 15.8. The van der Waals surface area contributed by atoms with Crippen LogP contribution in [-0.4, -0.2) is 12.6 Å². The van der Waals surface area contributed by atoms with E-state index < -0.39 is 0 Å². The highest BCUT2D eigenvalue weighted by Gasteiger charge is 2.29. The summed E-state index contributed by atoms with van der Waals surface area (Å²) >= 11 is 0. The summed E-state index contributed by atoms with van der Waals surface area (Å²) < 4.78 is 11.1. The van der Waals surface area contributed by atoms with Gasteiger partial charge >= 0.3 is 5.97 Å². The van der Waals surface area contributed by atoms with E-state index >= 15 is 0 Å². The minimum atomic E-state index is -0.337. The van der Waals surface area contributed by atoms with Gasteiger partial charge in [0.25, 0.3) is 0 Å². The van der Waals surface area contributed by atoms with E-state index in [4.69, 9.17) is 9.47 Å². The van der Waals surface area contributed by atoms with E-state index in [-0.39, 0.29) is 19.2 Å². The fraction of sp³-hybridized carbons (Fsp3) is 0.409. The van der Waals surface area contributed by atoms with E-state index in [0.717, 1.165) is 30.6 Å². The highest BCUT2D eigenvalue weighted by atomic mass is 16.6. The Kier molecular flexibility index (Phi) is 5.42. The molecule has 1 aliphatic carbocycles. The largest absolute Gasteiger partial charge is 0.482 e. The van der Waals surface area contributed by atoms with Gasteiger partial charge in [-0.3, -0.25) is 0 Å². The molecule has 0 radical (unpaired) electrons. The maximum absolute atomic E-state index is 12.0. The van der Waals surface area contributed by atoms with Crippen LogP contribution in [0.25, 0.3) is 0 Å². The van der Waals surface area contributed by atoms with Crippen LogP contribution in [0.3, 0.4) is 0 Å². The standard InChI is InChI=1S/C22H26O3/c1-3-22(2)13-12-19-18(14-22)10-7-11-20(19)24-16-21(23)25-15-17-8-5-4-6-9-17/h4-11H,3,12-16H2,1-2H3/t22-/m1/s1. The summed E-state index contributed by atoms with van der Waals surface area (Å²) in [6.45, 7) is 4.84. The lowest BCUT2D eigenvalue weighted by Crippen LogP contribution is -2.25.